The van der Waals surface area contributed by atoms with E-state index in [1.807, 2.05) is 6.08 Å². The van der Waals surface area contributed by atoms with Gasteiger partial charge in [0.05, 0.1) is 5.76 Å². The Morgan fingerprint density at radius 2 is 2.06 bits per heavy atom. The van der Waals surface area contributed by atoms with Gasteiger partial charge in [-0.05, 0) is 38.3 Å². The average Bonchev–Trinajstić information content (AvgIpc) is 2.31. The van der Waals surface area contributed by atoms with Crippen LogP contribution in [0.25, 0.3) is 0 Å². The van der Waals surface area contributed by atoms with Gasteiger partial charge >= 0.3 is 6.18 Å². The quantitative estimate of drug-likeness (QED) is 0.707. The summed E-state index contributed by atoms with van der Waals surface area (Å²) in [5.74, 6) is -0.830. The lowest BCUT2D eigenvalue weighted by Gasteiger charge is -2.29. The van der Waals surface area contributed by atoms with Crippen molar-refractivity contribution in [1.82, 2.24) is 0 Å². The summed E-state index contributed by atoms with van der Waals surface area (Å²) < 4.78 is 44.4. The zero-order chi connectivity index (χ0) is 13.2. The van der Waals surface area contributed by atoms with Gasteiger partial charge in [-0.1, -0.05) is 17.7 Å². The molecule has 0 saturated heterocycles. The molecule has 0 amide bonds. The maximum atomic E-state index is 12.9. The first-order valence-corrected chi connectivity index (χ1v) is 6.26. The molecule has 2 atom stereocenters. The number of rotatable bonds is 2. The van der Waals surface area contributed by atoms with E-state index in [2.05, 4.69) is 0 Å². The number of allylic oxidation sites excluding steroid dienone is 4. The zero-order valence-corrected chi connectivity index (χ0v) is 10.3. The maximum absolute atomic E-state index is 12.9. The average molecular weight is 258 g/mol. The Morgan fingerprint density at radius 1 is 1.28 bits per heavy atom. The van der Waals surface area contributed by atoms with E-state index in [0.717, 1.165) is 25.7 Å². The Kier molecular flexibility index (Phi) is 3.83. The summed E-state index contributed by atoms with van der Waals surface area (Å²) in [5.41, 5.74) is 0.634. The second-order valence-corrected chi connectivity index (χ2v) is 4.84. The van der Waals surface area contributed by atoms with Crippen LogP contribution in [0.2, 0.25) is 0 Å². The van der Waals surface area contributed by atoms with E-state index in [0.29, 0.717) is 11.3 Å². The first-order chi connectivity index (χ1) is 8.47. The van der Waals surface area contributed by atoms with Crippen LogP contribution in [-0.2, 0) is 4.74 Å². The highest BCUT2D eigenvalue weighted by atomic mass is 19.4. The molecule has 0 aromatic rings. The summed E-state index contributed by atoms with van der Waals surface area (Å²) in [6.45, 7) is 1.67. The minimum absolute atomic E-state index is 0.634. The Hall–Kier alpha value is -1.19. The summed E-state index contributed by atoms with van der Waals surface area (Å²) in [6.07, 6.45) is 4.92. The normalized spacial score (nSPS) is 28.7. The van der Waals surface area contributed by atoms with Gasteiger partial charge in [0.1, 0.15) is 12.0 Å². The monoisotopic (exact) mass is 258 g/mol. The molecule has 0 aliphatic heterocycles. The van der Waals surface area contributed by atoms with Crippen LogP contribution in [0.1, 0.15) is 32.6 Å². The minimum Gasteiger partial charge on any atom is -0.490 e. The predicted octanol–water partition coefficient (Wildman–Crippen LogP) is 4.52. The molecule has 1 nitrogen and oxygen atoms in total. The lowest BCUT2D eigenvalue weighted by atomic mass is 9.93. The number of halogens is 3. The summed E-state index contributed by atoms with van der Waals surface area (Å²) in [7, 11) is 0. The highest BCUT2D eigenvalue weighted by molar-refractivity contribution is 5.26. The smallest absolute Gasteiger partial charge is 0.399 e. The second kappa shape index (κ2) is 5.21. The van der Waals surface area contributed by atoms with Crippen LogP contribution >= 0.6 is 0 Å². The van der Waals surface area contributed by atoms with E-state index in [9.17, 15) is 13.2 Å². The molecule has 0 spiro atoms. The summed E-state index contributed by atoms with van der Waals surface area (Å²) in [4.78, 5) is 0. The van der Waals surface area contributed by atoms with Crippen molar-refractivity contribution in [3.63, 3.8) is 0 Å². The molecule has 0 aromatic carbocycles. The van der Waals surface area contributed by atoms with Crippen LogP contribution in [0.4, 0.5) is 13.2 Å². The number of hydrogen-bond donors (Lipinski definition) is 0. The van der Waals surface area contributed by atoms with Gasteiger partial charge in [-0.3, -0.25) is 0 Å². The molecule has 18 heavy (non-hydrogen) atoms. The van der Waals surface area contributed by atoms with Crippen LogP contribution in [0.5, 0.6) is 0 Å². The molecule has 2 aliphatic rings. The van der Waals surface area contributed by atoms with E-state index in [1.165, 1.54) is 12.2 Å². The van der Waals surface area contributed by atoms with Crippen LogP contribution < -0.4 is 0 Å². The highest BCUT2D eigenvalue weighted by Crippen LogP contribution is 2.36. The lowest BCUT2D eigenvalue weighted by molar-refractivity contribution is -0.181. The van der Waals surface area contributed by atoms with E-state index in [4.69, 9.17) is 4.74 Å². The molecule has 0 aromatic heterocycles. The van der Waals surface area contributed by atoms with Gasteiger partial charge in [-0.25, -0.2) is 0 Å². The number of ether oxygens (including phenoxy) is 1. The minimum atomic E-state index is -4.26. The van der Waals surface area contributed by atoms with Crippen LogP contribution in [0, 0.1) is 5.92 Å². The van der Waals surface area contributed by atoms with Crippen molar-refractivity contribution in [3.05, 3.63) is 35.6 Å². The van der Waals surface area contributed by atoms with Crippen molar-refractivity contribution in [1.29, 1.82) is 0 Å². The third kappa shape index (κ3) is 3.18. The molecule has 0 radical (unpaired) electrons. The molecule has 0 N–H and O–H groups in total. The Bertz CT molecular complexity index is 390. The van der Waals surface area contributed by atoms with Gasteiger partial charge in [-0.15, -0.1) is 0 Å². The first kappa shape index (κ1) is 13.2. The Morgan fingerprint density at radius 3 is 2.67 bits per heavy atom. The molecule has 2 unspecified atom stereocenters. The van der Waals surface area contributed by atoms with Crippen molar-refractivity contribution in [2.24, 2.45) is 5.92 Å². The number of alkyl halides is 3. The van der Waals surface area contributed by atoms with E-state index in [1.54, 1.807) is 13.0 Å². The van der Waals surface area contributed by atoms with Crippen molar-refractivity contribution in [2.75, 3.05) is 0 Å². The largest absolute Gasteiger partial charge is 0.490 e. The molecule has 100 valence electrons. The molecule has 2 aliphatic carbocycles. The fraction of sp³-hybridized carbons (Fsp3) is 0.571. The van der Waals surface area contributed by atoms with Gasteiger partial charge in [0.25, 0.3) is 0 Å². The molecule has 0 fully saturated rings. The summed E-state index contributed by atoms with van der Waals surface area (Å²) in [5, 5.41) is 0. The van der Waals surface area contributed by atoms with Gasteiger partial charge in [0.2, 0.25) is 0 Å². The molecular formula is C14H17F3O. The van der Waals surface area contributed by atoms with Crippen molar-refractivity contribution in [3.8, 4) is 0 Å². The van der Waals surface area contributed by atoms with Crippen LogP contribution in [-0.4, -0.2) is 12.3 Å². The molecule has 0 bridgehead atoms. The molecular weight excluding hydrogens is 241 g/mol. The van der Waals surface area contributed by atoms with Gasteiger partial charge < -0.3 is 4.74 Å². The molecule has 2 rings (SSSR count). The predicted molar refractivity (Wildman–Crippen MR) is 63.9 cm³/mol. The van der Waals surface area contributed by atoms with Crippen molar-refractivity contribution < 1.29 is 17.9 Å². The Labute approximate surface area is 105 Å². The van der Waals surface area contributed by atoms with Gasteiger partial charge in [-0.2, -0.15) is 13.2 Å². The van der Waals surface area contributed by atoms with E-state index >= 15 is 0 Å². The molecule has 0 saturated carbocycles. The lowest BCUT2D eigenvalue weighted by Crippen LogP contribution is -2.35. The van der Waals surface area contributed by atoms with Crippen molar-refractivity contribution >= 4 is 0 Å². The Balaban J connectivity index is 2.11. The SMILES string of the molecule is CC1=CC(C(F)(F)F)C(OC2=CCCCC2)C=C1. The topological polar surface area (TPSA) is 9.23 Å². The summed E-state index contributed by atoms with van der Waals surface area (Å²) in [6, 6.07) is 0. The number of hydrogen-bond acceptors (Lipinski definition) is 1. The van der Waals surface area contributed by atoms with Crippen molar-refractivity contribution in [2.45, 2.75) is 44.9 Å². The maximum Gasteiger partial charge on any atom is 0.399 e. The van der Waals surface area contributed by atoms with E-state index in [-0.39, 0.29) is 0 Å². The van der Waals surface area contributed by atoms with Gasteiger partial charge in [0.15, 0.2) is 0 Å². The van der Waals surface area contributed by atoms with Crippen LogP contribution in [0.3, 0.4) is 0 Å². The molecule has 4 heteroatoms. The standard InChI is InChI=1S/C14H17F3O/c1-10-7-8-13(12(9-10)14(15,16)17)18-11-5-3-2-4-6-11/h5,7-9,12-13H,2-4,6H2,1H3. The second-order valence-electron chi connectivity index (χ2n) is 4.84. The van der Waals surface area contributed by atoms with E-state index < -0.39 is 18.2 Å². The zero-order valence-electron chi connectivity index (χ0n) is 10.3. The fourth-order valence-corrected chi connectivity index (χ4v) is 2.28. The third-order valence-electron chi connectivity index (χ3n) is 3.26. The molecule has 0 heterocycles. The third-order valence-corrected chi connectivity index (χ3v) is 3.26. The summed E-state index contributed by atoms with van der Waals surface area (Å²) >= 11 is 0. The first-order valence-electron chi connectivity index (χ1n) is 6.26. The van der Waals surface area contributed by atoms with Crippen LogP contribution in [0.15, 0.2) is 35.6 Å². The fourth-order valence-electron chi connectivity index (χ4n) is 2.28. The van der Waals surface area contributed by atoms with Gasteiger partial charge in [0, 0.05) is 6.42 Å². The highest BCUT2D eigenvalue weighted by Gasteiger charge is 2.44.